The first-order valence-corrected chi connectivity index (χ1v) is 10.7. The van der Waals surface area contributed by atoms with Gasteiger partial charge in [-0.25, -0.2) is 4.98 Å². The van der Waals surface area contributed by atoms with E-state index in [9.17, 15) is 9.59 Å². The van der Waals surface area contributed by atoms with Crippen molar-refractivity contribution >= 4 is 27.5 Å². The van der Waals surface area contributed by atoms with Crippen LogP contribution in [0.2, 0.25) is 0 Å². The molecule has 6 heteroatoms. The Balaban J connectivity index is 1.50. The Hall–Kier alpha value is -3.25. The molecule has 4 aromatic rings. The zero-order valence-corrected chi connectivity index (χ0v) is 17.8. The van der Waals surface area contributed by atoms with E-state index >= 15 is 0 Å². The zero-order chi connectivity index (χ0) is 21.1. The van der Waals surface area contributed by atoms with Crippen LogP contribution in [0.3, 0.4) is 0 Å². The number of aromatic nitrogens is 2. The van der Waals surface area contributed by atoms with Crippen LogP contribution in [-0.4, -0.2) is 22.0 Å². The Morgan fingerprint density at radius 3 is 2.57 bits per heavy atom. The first-order valence-electron chi connectivity index (χ1n) is 9.90. The van der Waals surface area contributed by atoms with Crippen molar-refractivity contribution in [1.82, 2.24) is 14.9 Å². The van der Waals surface area contributed by atoms with Gasteiger partial charge in [-0.05, 0) is 42.5 Å². The van der Waals surface area contributed by atoms with E-state index in [1.54, 1.807) is 0 Å². The number of benzene rings is 2. The second kappa shape index (κ2) is 8.63. The van der Waals surface area contributed by atoms with Gasteiger partial charge in [0.05, 0.1) is 11.7 Å². The smallest absolute Gasteiger partial charge is 0.262 e. The van der Waals surface area contributed by atoms with E-state index in [1.165, 1.54) is 33.4 Å². The van der Waals surface area contributed by atoms with Crippen molar-refractivity contribution in [3.8, 4) is 10.4 Å². The van der Waals surface area contributed by atoms with Crippen LogP contribution in [0.15, 0.2) is 65.7 Å². The molecule has 152 valence electrons. The molecular formula is C24H23N3O2S. The average molecular weight is 418 g/mol. The maximum absolute atomic E-state index is 13.0. The number of aryl methyl sites for hydroxylation is 2. The Morgan fingerprint density at radius 2 is 1.80 bits per heavy atom. The maximum Gasteiger partial charge on any atom is 0.262 e. The summed E-state index contributed by atoms with van der Waals surface area (Å²) < 4.78 is 1.39. The maximum atomic E-state index is 13.0. The van der Waals surface area contributed by atoms with Crippen molar-refractivity contribution in [2.75, 3.05) is 6.54 Å². The normalized spacial score (nSPS) is 11.0. The fourth-order valence-corrected chi connectivity index (χ4v) is 4.72. The van der Waals surface area contributed by atoms with Crippen LogP contribution in [-0.2, 0) is 17.8 Å². The molecule has 0 fully saturated rings. The molecule has 2 aromatic carbocycles. The van der Waals surface area contributed by atoms with Gasteiger partial charge in [-0.2, -0.15) is 0 Å². The van der Waals surface area contributed by atoms with Gasteiger partial charge < -0.3 is 5.32 Å². The SMILES string of the molecule is Cc1ccccc1CCNC(=O)Cn1cnc2sc(-c3ccccc3)c(C)c2c1=O. The molecule has 0 spiro atoms. The van der Waals surface area contributed by atoms with Crippen LogP contribution in [0.4, 0.5) is 0 Å². The highest BCUT2D eigenvalue weighted by Crippen LogP contribution is 2.35. The lowest BCUT2D eigenvalue weighted by Gasteiger charge is -2.09. The monoisotopic (exact) mass is 417 g/mol. The van der Waals surface area contributed by atoms with Crippen LogP contribution in [0, 0.1) is 13.8 Å². The summed E-state index contributed by atoms with van der Waals surface area (Å²) in [5.74, 6) is -0.192. The summed E-state index contributed by atoms with van der Waals surface area (Å²) in [6, 6.07) is 18.1. The highest BCUT2D eigenvalue weighted by Gasteiger charge is 2.16. The molecule has 1 N–H and O–H groups in total. The summed E-state index contributed by atoms with van der Waals surface area (Å²) >= 11 is 1.51. The van der Waals surface area contributed by atoms with Gasteiger partial charge in [0.2, 0.25) is 5.91 Å². The Morgan fingerprint density at radius 1 is 1.07 bits per heavy atom. The van der Waals surface area contributed by atoms with Crippen LogP contribution in [0.5, 0.6) is 0 Å². The van der Waals surface area contributed by atoms with E-state index in [2.05, 4.69) is 29.4 Å². The first kappa shape index (κ1) is 20.0. The summed E-state index contributed by atoms with van der Waals surface area (Å²) in [7, 11) is 0. The fourth-order valence-electron chi connectivity index (χ4n) is 3.57. The lowest BCUT2D eigenvalue weighted by atomic mass is 10.1. The van der Waals surface area contributed by atoms with Crippen molar-refractivity contribution in [2.24, 2.45) is 0 Å². The first-order chi connectivity index (χ1) is 14.5. The molecule has 0 aliphatic rings. The second-order valence-electron chi connectivity index (χ2n) is 7.31. The predicted octanol–water partition coefficient (Wildman–Crippen LogP) is 4.10. The molecule has 5 nitrogen and oxygen atoms in total. The third-order valence-corrected chi connectivity index (χ3v) is 6.49. The average Bonchev–Trinajstić information content (AvgIpc) is 3.09. The van der Waals surface area contributed by atoms with E-state index < -0.39 is 0 Å². The number of carbonyl (C=O) groups is 1. The van der Waals surface area contributed by atoms with Crippen LogP contribution in [0.1, 0.15) is 16.7 Å². The standard InChI is InChI=1S/C24H23N3O2S/c1-16-8-6-7-9-18(16)12-13-25-20(28)14-27-15-26-23-21(24(27)29)17(2)22(30-23)19-10-4-3-5-11-19/h3-11,15H,12-14H2,1-2H3,(H,25,28). The van der Waals surface area contributed by atoms with Crippen LogP contribution < -0.4 is 10.9 Å². The number of amides is 1. The molecular weight excluding hydrogens is 394 g/mol. The Kier molecular flexibility index (Phi) is 5.77. The highest BCUT2D eigenvalue weighted by atomic mass is 32.1. The molecule has 0 aliphatic carbocycles. The minimum atomic E-state index is -0.192. The number of carbonyl (C=O) groups excluding carboxylic acids is 1. The summed E-state index contributed by atoms with van der Waals surface area (Å²) in [6.45, 7) is 4.50. The van der Waals surface area contributed by atoms with Gasteiger partial charge in [-0.15, -0.1) is 11.3 Å². The number of hydrogen-bond acceptors (Lipinski definition) is 4. The van der Waals surface area contributed by atoms with E-state index in [4.69, 9.17) is 0 Å². The second-order valence-corrected chi connectivity index (χ2v) is 8.31. The molecule has 0 radical (unpaired) electrons. The highest BCUT2D eigenvalue weighted by molar-refractivity contribution is 7.22. The molecule has 30 heavy (non-hydrogen) atoms. The number of hydrogen-bond donors (Lipinski definition) is 1. The number of rotatable bonds is 6. The molecule has 2 heterocycles. The van der Waals surface area contributed by atoms with Gasteiger partial charge in [0, 0.05) is 11.4 Å². The van der Waals surface area contributed by atoms with Crippen molar-refractivity contribution < 1.29 is 4.79 Å². The van der Waals surface area contributed by atoms with Gasteiger partial charge in [0.15, 0.2) is 0 Å². The van der Waals surface area contributed by atoms with Gasteiger partial charge >= 0.3 is 0 Å². The molecule has 0 saturated carbocycles. The number of nitrogens with zero attached hydrogens (tertiary/aromatic N) is 2. The third kappa shape index (κ3) is 4.04. The molecule has 0 saturated heterocycles. The molecule has 0 unspecified atom stereocenters. The molecule has 0 atom stereocenters. The van der Waals surface area contributed by atoms with Crippen molar-refractivity contribution in [3.05, 3.63) is 88.0 Å². The van der Waals surface area contributed by atoms with Crippen molar-refractivity contribution in [1.29, 1.82) is 0 Å². The van der Waals surface area contributed by atoms with Crippen molar-refractivity contribution in [2.45, 2.75) is 26.8 Å². The number of thiophene rings is 1. The predicted molar refractivity (Wildman–Crippen MR) is 122 cm³/mol. The van der Waals surface area contributed by atoms with Crippen LogP contribution in [0.25, 0.3) is 20.7 Å². The largest absolute Gasteiger partial charge is 0.354 e. The van der Waals surface area contributed by atoms with Gasteiger partial charge in [0.1, 0.15) is 11.4 Å². The Bertz CT molecular complexity index is 1260. The number of fused-ring (bicyclic) bond motifs is 1. The quantitative estimate of drug-likeness (QED) is 0.514. The van der Waals surface area contributed by atoms with E-state index in [-0.39, 0.29) is 18.0 Å². The lowest BCUT2D eigenvalue weighted by molar-refractivity contribution is -0.121. The number of nitrogens with one attached hydrogen (secondary N) is 1. The van der Waals surface area contributed by atoms with E-state index in [1.807, 2.05) is 49.4 Å². The third-order valence-electron chi connectivity index (χ3n) is 5.24. The summed E-state index contributed by atoms with van der Waals surface area (Å²) in [5, 5.41) is 3.50. The zero-order valence-electron chi connectivity index (χ0n) is 17.0. The molecule has 0 bridgehead atoms. The molecule has 0 aliphatic heterocycles. The summed E-state index contributed by atoms with van der Waals surface area (Å²) in [5.41, 5.74) is 4.22. The molecule has 2 aromatic heterocycles. The van der Waals surface area contributed by atoms with Gasteiger partial charge in [-0.1, -0.05) is 54.6 Å². The topological polar surface area (TPSA) is 64.0 Å². The fraction of sp³-hybridized carbons (Fsp3) is 0.208. The lowest BCUT2D eigenvalue weighted by Crippen LogP contribution is -2.33. The van der Waals surface area contributed by atoms with Crippen molar-refractivity contribution in [3.63, 3.8) is 0 Å². The Labute approximate surface area is 179 Å². The van der Waals surface area contributed by atoms with E-state index in [0.29, 0.717) is 16.8 Å². The van der Waals surface area contributed by atoms with Crippen LogP contribution >= 0.6 is 11.3 Å². The molecule has 4 rings (SSSR count). The molecule has 1 amide bonds. The summed E-state index contributed by atoms with van der Waals surface area (Å²) in [4.78, 5) is 31.6. The van der Waals surface area contributed by atoms with Gasteiger partial charge in [-0.3, -0.25) is 14.2 Å². The minimum Gasteiger partial charge on any atom is -0.354 e. The van der Waals surface area contributed by atoms with E-state index in [0.717, 1.165) is 22.4 Å². The minimum absolute atomic E-state index is 0.0362. The van der Waals surface area contributed by atoms with Gasteiger partial charge in [0.25, 0.3) is 5.56 Å². The summed E-state index contributed by atoms with van der Waals surface area (Å²) in [6.07, 6.45) is 2.23.